The van der Waals surface area contributed by atoms with Gasteiger partial charge in [0.05, 0.1) is 18.1 Å². The standard InChI is InChI=1S/C14H15N3O2/c1-10(7-13(18)14-3-2-6-19-14)17-12-5-4-11(8-15)16-9-12/h2-6,9-10,13,17-18H,7H2,1H3/t10-,13+/m0/s1. The Bertz CT molecular complexity index is 543. The van der Waals surface area contributed by atoms with E-state index in [0.717, 1.165) is 5.69 Å². The SMILES string of the molecule is C[C@@H](C[C@@H](O)c1ccco1)Nc1ccc(C#N)nc1. The second kappa shape index (κ2) is 6.03. The van der Waals surface area contributed by atoms with Crippen LogP contribution < -0.4 is 5.32 Å². The van der Waals surface area contributed by atoms with Crippen LogP contribution >= 0.6 is 0 Å². The lowest BCUT2D eigenvalue weighted by Gasteiger charge is -2.17. The van der Waals surface area contributed by atoms with Gasteiger partial charge < -0.3 is 14.8 Å². The van der Waals surface area contributed by atoms with E-state index in [9.17, 15) is 5.11 Å². The fourth-order valence-corrected chi connectivity index (χ4v) is 1.82. The van der Waals surface area contributed by atoms with Crippen LogP contribution in [0.15, 0.2) is 41.1 Å². The maximum atomic E-state index is 9.95. The predicted octanol–water partition coefficient (Wildman–Crippen LogP) is 2.47. The fourth-order valence-electron chi connectivity index (χ4n) is 1.82. The van der Waals surface area contributed by atoms with E-state index in [2.05, 4.69) is 10.3 Å². The molecule has 0 saturated carbocycles. The van der Waals surface area contributed by atoms with Crippen molar-refractivity contribution in [2.45, 2.75) is 25.5 Å². The zero-order valence-corrected chi connectivity index (χ0v) is 10.6. The maximum absolute atomic E-state index is 9.95. The number of furan rings is 1. The van der Waals surface area contributed by atoms with Gasteiger partial charge >= 0.3 is 0 Å². The highest BCUT2D eigenvalue weighted by Crippen LogP contribution is 2.20. The molecule has 0 bridgehead atoms. The van der Waals surface area contributed by atoms with Crippen LogP contribution in [-0.4, -0.2) is 16.1 Å². The van der Waals surface area contributed by atoms with Gasteiger partial charge in [-0.05, 0) is 31.2 Å². The van der Waals surface area contributed by atoms with Crippen molar-refractivity contribution in [1.82, 2.24) is 4.98 Å². The molecule has 2 N–H and O–H groups in total. The zero-order valence-electron chi connectivity index (χ0n) is 10.6. The Labute approximate surface area is 111 Å². The van der Waals surface area contributed by atoms with Crippen LogP contribution in [0.4, 0.5) is 5.69 Å². The number of nitrogens with zero attached hydrogens (tertiary/aromatic N) is 2. The van der Waals surface area contributed by atoms with Crippen molar-refractivity contribution in [1.29, 1.82) is 5.26 Å². The summed E-state index contributed by atoms with van der Waals surface area (Å²) in [7, 11) is 0. The summed E-state index contributed by atoms with van der Waals surface area (Å²) in [4.78, 5) is 3.97. The van der Waals surface area contributed by atoms with E-state index in [4.69, 9.17) is 9.68 Å². The maximum Gasteiger partial charge on any atom is 0.140 e. The second-order valence-corrected chi connectivity index (χ2v) is 4.36. The van der Waals surface area contributed by atoms with E-state index < -0.39 is 6.10 Å². The van der Waals surface area contributed by atoms with Crippen LogP contribution in [0.1, 0.15) is 30.9 Å². The number of hydrogen-bond donors (Lipinski definition) is 2. The van der Waals surface area contributed by atoms with Gasteiger partial charge in [-0.25, -0.2) is 4.98 Å². The third-order valence-electron chi connectivity index (χ3n) is 2.74. The van der Waals surface area contributed by atoms with Crippen LogP contribution in [0.3, 0.4) is 0 Å². The molecule has 2 rings (SSSR count). The number of pyridine rings is 1. The number of aromatic nitrogens is 1. The summed E-state index contributed by atoms with van der Waals surface area (Å²) in [5, 5.41) is 21.8. The first-order valence-electron chi connectivity index (χ1n) is 6.03. The monoisotopic (exact) mass is 257 g/mol. The van der Waals surface area contributed by atoms with Crippen LogP contribution in [0.5, 0.6) is 0 Å². The van der Waals surface area contributed by atoms with E-state index in [1.54, 1.807) is 36.7 Å². The lowest BCUT2D eigenvalue weighted by atomic mass is 10.1. The number of anilines is 1. The van der Waals surface area contributed by atoms with Crippen molar-refractivity contribution >= 4 is 5.69 Å². The summed E-state index contributed by atoms with van der Waals surface area (Å²) < 4.78 is 5.15. The molecule has 2 heterocycles. The van der Waals surface area contributed by atoms with Gasteiger partial charge in [0.1, 0.15) is 23.6 Å². The molecule has 0 aromatic carbocycles. The summed E-state index contributed by atoms with van der Waals surface area (Å²) in [6, 6.07) is 8.96. The summed E-state index contributed by atoms with van der Waals surface area (Å²) in [5.74, 6) is 0.562. The smallest absolute Gasteiger partial charge is 0.140 e. The minimum absolute atomic E-state index is 0.0508. The average Bonchev–Trinajstić information content (AvgIpc) is 2.93. The molecule has 2 aromatic rings. The van der Waals surface area contributed by atoms with Gasteiger partial charge in [-0.2, -0.15) is 5.26 Å². The van der Waals surface area contributed by atoms with Crippen molar-refractivity contribution < 1.29 is 9.52 Å². The second-order valence-electron chi connectivity index (χ2n) is 4.36. The molecule has 0 aliphatic rings. The quantitative estimate of drug-likeness (QED) is 0.859. The van der Waals surface area contributed by atoms with Crippen molar-refractivity contribution in [3.63, 3.8) is 0 Å². The number of aliphatic hydroxyl groups is 1. The Morgan fingerprint density at radius 1 is 1.47 bits per heavy atom. The first-order chi connectivity index (χ1) is 9.19. The molecule has 0 radical (unpaired) electrons. The van der Waals surface area contributed by atoms with Crippen molar-refractivity contribution in [3.05, 3.63) is 48.2 Å². The number of nitrogens with one attached hydrogen (secondary N) is 1. The molecule has 0 spiro atoms. The lowest BCUT2D eigenvalue weighted by Crippen LogP contribution is -2.18. The van der Waals surface area contributed by atoms with Gasteiger partial charge in [0.25, 0.3) is 0 Å². The molecular weight excluding hydrogens is 242 g/mol. The molecule has 0 amide bonds. The summed E-state index contributed by atoms with van der Waals surface area (Å²) in [6.45, 7) is 1.96. The van der Waals surface area contributed by atoms with E-state index in [0.29, 0.717) is 17.9 Å². The van der Waals surface area contributed by atoms with Gasteiger partial charge in [0, 0.05) is 12.5 Å². The Morgan fingerprint density at radius 2 is 2.32 bits per heavy atom. The summed E-state index contributed by atoms with van der Waals surface area (Å²) in [6.07, 6.45) is 3.03. The predicted molar refractivity (Wildman–Crippen MR) is 70.3 cm³/mol. The fraction of sp³-hybridized carbons (Fsp3) is 0.286. The molecule has 19 heavy (non-hydrogen) atoms. The highest BCUT2D eigenvalue weighted by molar-refractivity contribution is 5.43. The van der Waals surface area contributed by atoms with Crippen LogP contribution in [0, 0.1) is 11.3 Å². The van der Waals surface area contributed by atoms with Crippen molar-refractivity contribution in [2.24, 2.45) is 0 Å². The molecular formula is C14H15N3O2. The topological polar surface area (TPSA) is 82.1 Å². The minimum atomic E-state index is -0.635. The molecule has 5 heteroatoms. The number of hydrogen-bond acceptors (Lipinski definition) is 5. The van der Waals surface area contributed by atoms with Crippen LogP contribution in [0.2, 0.25) is 0 Å². The number of aliphatic hydroxyl groups excluding tert-OH is 1. The Balaban J connectivity index is 1.90. The van der Waals surface area contributed by atoms with Crippen LogP contribution in [0.25, 0.3) is 0 Å². The van der Waals surface area contributed by atoms with Gasteiger partial charge in [-0.3, -0.25) is 0 Å². The molecule has 2 atom stereocenters. The number of nitriles is 1. The van der Waals surface area contributed by atoms with Crippen LogP contribution in [-0.2, 0) is 0 Å². The van der Waals surface area contributed by atoms with Gasteiger partial charge in [-0.1, -0.05) is 0 Å². The van der Waals surface area contributed by atoms with Gasteiger partial charge in [0.15, 0.2) is 0 Å². The van der Waals surface area contributed by atoms with Gasteiger partial charge in [0.2, 0.25) is 0 Å². The normalized spacial score (nSPS) is 13.5. The van der Waals surface area contributed by atoms with E-state index >= 15 is 0 Å². The minimum Gasteiger partial charge on any atom is -0.467 e. The molecule has 0 saturated heterocycles. The average molecular weight is 257 g/mol. The lowest BCUT2D eigenvalue weighted by molar-refractivity contribution is 0.136. The molecule has 98 valence electrons. The third kappa shape index (κ3) is 3.57. The molecule has 0 fully saturated rings. The zero-order chi connectivity index (χ0) is 13.7. The van der Waals surface area contributed by atoms with Crippen molar-refractivity contribution in [3.8, 4) is 6.07 Å². The summed E-state index contributed by atoms with van der Waals surface area (Å²) >= 11 is 0. The highest BCUT2D eigenvalue weighted by Gasteiger charge is 2.14. The van der Waals surface area contributed by atoms with Crippen molar-refractivity contribution in [2.75, 3.05) is 5.32 Å². The first-order valence-corrected chi connectivity index (χ1v) is 6.03. The Kier molecular flexibility index (Phi) is 4.16. The number of rotatable bonds is 5. The molecule has 5 nitrogen and oxygen atoms in total. The van der Waals surface area contributed by atoms with Gasteiger partial charge in [-0.15, -0.1) is 0 Å². The van der Waals surface area contributed by atoms with E-state index in [1.807, 2.05) is 13.0 Å². The molecule has 2 aromatic heterocycles. The highest BCUT2D eigenvalue weighted by atomic mass is 16.4. The molecule has 0 aliphatic carbocycles. The largest absolute Gasteiger partial charge is 0.467 e. The Morgan fingerprint density at radius 3 is 2.89 bits per heavy atom. The Hall–Kier alpha value is -2.32. The summed E-state index contributed by atoms with van der Waals surface area (Å²) in [5.41, 5.74) is 1.20. The van der Waals surface area contributed by atoms with E-state index in [1.165, 1.54) is 0 Å². The molecule has 0 unspecified atom stereocenters. The molecule has 0 aliphatic heterocycles. The first kappa shape index (κ1) is 13.1. The third-order valence-corrected chi connectivity index (χ3v) is 2.74. The van der Waals surface area contributed by atoms with E-state index in [-0.39, 0.29) is 6.04 Å².